The van der Waals surface area contributed by atoms with Gasteiger partial charge >= 0.3 is 0 Å². The molecule has 0 aromatic heterocycles. The number of fused-ring (bicyclic) bond motifs is 2. The Morgan fingerprint density at radius 2 is 0.881 bits per heavy atom. The van der Waals surface area contributed by atoms with Crippen molar-refractivity contribution in [1.29, 1.82) is 0 Å². The number of hydrogen-bond acceptors (Lipinski definition) is 6. The molecule has 0 atom stereocenters. The summed E-state index contributed by atoms with van der Waals surface area (Å²) >= 11 is 0. The van der Waals surface area contributed by atoms with E-state index in [0.29, 0.717) is 22.9 Å². The maximum atomic E-state index is 14.2. The molecule has 4 aromatic rings. The standard InChI is InChI=1S/C32H32N2O6S2/c1-25-13-17-27(18-14-25)41(35,36)33-21-22-34(42(37,38)28-19-15-26(2)16-20-28)30-10-4-6-12-32(30)40-24-8-7-23-39-31-11-5-3-9-29(31)33/h3-20H,21-24H2,1-2H3/b8-7-. The molecular formula is C32H32N2O6S2. The first-order valence-corrected chi connectivity index (χ1v) is 16.3. The monoisotopic (exact) mass is 604 g/mol. The van der Waals surface area contributed by atoms with Crippen molar-refractivity contribution < 1.29 is 26.3 Å². The summed E-state index contributed by atoms with van der Waals surface area (Å²) in [6.07, 6.45) is 3.54. The summed E-state index contributed by atoms with van der Waals surface area (Å²) in [5.41, 5.74) is 2.44. The molecule has 0 bridgehead atoms. The second kappa shape index (κ2) is 12.3. The zero-order valence-electron chi connectivity index (χ0n) is 23.4. The molecule has 0 radical (unpaired) electrons. The molecule has 0 saturated heterocycles. The van der Waals surface area contributed by atoms with Crippen LogP contribution in [0.5, 0.6) is 11.5 Å². The minimum absolute atomic E-state index is 0.0839. The molecule has 0 saturated carbocycles. The van der Waals surface area contributed by atoms with Gasteiger partial charge in [0.1, 0.15) is 24.7 Å². The maximum Gasteiger partial charge on any atom is 0.264 e. The van der Waals surface area contributed by atoms with Gasteiger partial charge in [-0.25, -0.2) is 16.8 Å². The molecule has 0 amide bonds. The van der Waals surface area contributed by atoms with Crippen LogP contribution in [0.25, 0.3) is 0 Å². The predicted octanol–water partition coefficient (Wildman–Crippen LogP) is 5.72. The van der Waals surface area contributed by atoms with Crippen LogP contribution in [0.4, 0.5) is 11.4 Å². The number of para-hydroxylation sites is 4. The first kappa shape index (κ1) is 29.2. The van der Waals surface area contributed by atoms with E-state index < -0.39 is 20.0 Å². The molecule has 0 spiro atoms. The smallest absolute Gasteiger partial charge is 0.264 e. The quantitative estimate of drug-likeness (QED) is 0.277. The van der Waals surface area contributed by atoms with Crippen molar-refractivity contribution >= 4 is 31.4 Å². The molecule has 0 unspecified atom stereocenters. The largest absolute Gasteiger partial charge is 0.487 e. The lowest BCUT2D eigenvalue weighted by Crippen LogP contribution is -2.41. The Balaban J connectivity index is 1.67. The van der Waals surface area contributed by atoms with E-state index in [4.69, 9.17) is 9.47 Å². The van der Waals surface area contributed by atoms with Crippen LogP contribution in [-0.4, -0.2) is 43.1 Å². The second-order valence-electron chi connectivity index (χ2n) is 9.81. The molecule has 1 aliphatic heterocycles. The number of benzene rings is 4. The van der Waals surface area contributed by atoms with Gasteiger partial charge in [-0.15, -0.1) is 0 Å². The van der Waals surface area contributed by atoms with E-state index in [9.17, 15) is 16.8 Å². The number of ether oxygens (including phenoxy) is 2. The molecule has 4 aromatic carbocycles. The highest BCUT2D eigenvalue weighted by atomic mass is 32.2. The van der Waals surface area contributed by atoms with Gasteiger partial charge in [0.15, 0.2) is 0 Å². The molecule has 1 aliphatic rings. The fourth-order valence-electron chi connectivity index (χ4n) is 4.58. The minimum Gasteiger partial charge on any atom is -0.487 e. The average molecular weight is 605 g/mol. The normalized spacial score (nSPS) is 15.4. The van der Waals surface area contributed by atoms with Crippen molar-refractivity contribution in [3.8, 4) is 11.5 Å². The number of anilines is 2. The van der Waals surface area contributed by atoms with Gasteiger partial charge < -0.3 is 9.47 Å². The Labute approximate surface area is 247 Å². The van der Waals surface area contributed by atoms with Gasteiger partial charge in [0.05, 0.1) is 34.3 Å². The fraction of sp³-hybridized carbons (Fsp3) is 0.188. The molecule has 0 aliphatic carbocycles. The Morgan fingerprint density at radius 1 is 0.524 bits per heavy atom. The number of aryl methyl sites for hydroxylation is 2. The molecule has 1 heterocycles. The molecule has 8 nitrogen and oxygen atoms in total. The van der Waals surface area contributed by atoms with Crippen LogP contribution in [0.2, 0.25) is 0 Å². The summed E-state index contributed by atoms with van der Waals surface area (Å²) in [5, 5.41) is 0. The van der Waals surface area contributed by atoms with Crippen molar-refractivity contribution in [3.63, 3.8) is 0 Å². The minimum atomic E-state index is -4.13. The van der Waals surface area contributed by atoms with Crippen LogP contribution in [0.15, 0.2) is 119 Å². The molecule has 218 valence electrons. The molecule has 0 N–H and O–H groups in total. The van der Waals surface area contributed by atoms with E-state index in [0.717, 1.165) is 11.1 Å². The topological polar surface area (TPSA) is 93.2 Å². The Kier molecular flexibility index (Phi) is 8.56. The highest BCUT2D eigenvalue weighted by molar-refractivity contribution is 7.93. The van der Waals surface area contributed by atoms with Crippen LogP contribution in [0.3, 0.4) is 0 Å². The molecule has 0 fully saturated rings. The van der Waals surface area contributed by atoms with E-state index >= 15 is 0 Å². The van der Waals surface area contributed by atoms with Crippen molar-refractivity contribution in [2.24, 2.45) is 0 Å². The summed E-state index contributed by atoms with van der Waals surface area (Å²) in [5.74, 6) is 0.702. The molecule has 42 heavy (non-hydrogen) atoms. The van der Waals surface area contributed by atoms with Crippen LogP contribution < -0.4 is 18.1 Å². The van der Waals surface area contributed by atoms with Gasteiger partial charge in [0.2, 0.25) is 0 Å². The number of sulfonamides is 2. The molecule has 5 rings (SSSR count). The van der Waals surface area contributed by atoms with Crippen molar-refractivity contribution in [2.45, 2.75) is 23.6 Å². The Bertz CT molecular complexity index is 1650. The summed E-state index contributed by atoms with van der Waals surface area (Å²) in [6.45, 7) is 3.73. The lowest BCUT2D eigenvalue weighted by Gasteiger charge is -2.31. The van der Waals surface area contributed by atoms with Crippen molar-refractivity contribution in [3.05, 3.63) is 120 Å². The van der Waals surface area contributed by atoms with Crippen molar-refractivity contribution in [1.82, 2.24) is 0 Å². The van der Waals surface area contributed by atoms with E-state index in [1.807, 2.05) is 13.8 Å². The SMILES string of the molecule is Cc1ccc(S(=O)(=O)N2CCN(S(=O)(=O)c3ccc(C)cc3)c3ccccc3OC/C=C\COc3ccccc32)cc1. The van der Waals surface area contributed by atoms with E-state index in [1.54, 1.807) is 109 Å². The van der Waals surface area contributed by atoms with Crippen LogP contribution in [0.1, 0.15) is 11.1 Å². The highest BCUT2D eigenvalue weighted by Crippen LogP contribution is 2.36. The number of nitrogens with zero attached hydrogens (tertiary/aromatic N) is 2. The average Bonchev–Trinajstić information content (AvgIpc) is 2.98. The second-order valence-corrected chi connectivity index (χ2v) is 13.5. The Hall–Kier alpha value is -4.28. The zero-order valence-corrected chi connectivity index (χ0v) is 25.0. The van der Waals surface area contributed by atoms with Gasteiger partial charge in [-0.1, -0.05) is 59.7 Å². The van der Waals surface area contributed by atoms with E-state index in [-0.39, 0.29) is 36.1 Å². The van der Waals surface area contributed by atoms with Crippen LogP contribution >= 0.6 is 0 Å². The lowest BCUT2D eigenvalue weighted by molar-refractivity contribution is 0.350. The third-order valence-electron chi connectivity index (χ3n) is 6.83. The van der Waals surface area contributed by atoms with Crippen LogP contribution in [-0.2, 0) is 20.0 Å². The molecule has 10 heteroatoms. The third kappa shape index (κ3) is 6.14. The lowest BCUT2D eigenvalue weighted by atomic mass is 10.2. The first-order valence-electron chi connectivity index (χ1n) is 13.5. The van der Waals surface area contributed by atoms with Crippen molar-refractivity contribution in [2.75, 3.05) is 34.9 Å². The number of hydrogen-bond donors (Lipinski definition) is 0. The Morgan fingerprint density at radius 3 is 1.26 bits per heavy atom. The fourth-order valence-corrected chi connectivity index (χ4v) is 7.51. The highest BCUT2D eigenvalue weighted by Gasteiger charge is 2.32. The van der Waals surface area contributed by atoms with Crippen LogP contribution in [0, 0.1) is 13.8 Å². The maximum absolute atomic E-state index is 14.2. The zero-order chi connectivity index (χ0) is 29.7. The van der Waals surface area contributed by atoms with E-state index in [2.05, 4.69) is 0 Å². The summed E-state index contributed by atoms with van der Waals surface area (Å²) < 4.78 is 71.1. The first-order chi connectivity index (χ1) is 20.2. The third-order valence-corrected chi connectivity index (χ3v) is 10.5. The van der Waals surface area contributed by atoms with Gasteiger partial charge in [-0.2, -0.15) is 0 Å². The van der Waals surface area contributed by atoms with Gasteiger partial charge in [0, 0.05) is 0 Å². The van der Waals surface area contributed by atoms with Gasteiger partial charge in [0.25, 0.3) is 20.0 Å². The molecular weight excluding hydrogens is 572 g/mol. The number of rotatable bonds is 4. The summed E-state index contributed by atoms with van der Waals surface area (Å²) in [6, 6.07) is 26.8. The van der Waals surface area contributed by atoms with Gasteiger partial charge in [-0.05, 0) is 74.5 Å². The van der Waals surface area contributed by atoms with Gasteiger partial charge in [-0.3, -0.25) is 8.61 Å². The summed E-state index contributed by atoms with van der Waals surface area (Å²) in [4.78, 5) is 0.168. The predicted molar refractivity (Wildman–Crippen MR) is 164 cm³/mol. The summed E-state index contributed by atoms with van der Waals surface area (Å²) in [7, 11) is -8.26. The van der Waals surface area contributed by atoms with E-state index in [1.165, 1.54) is 8.61 Å².